The van der Waals surface area contributed by atoms with Crippen molar-refractivity contribution in [1.82, 2.24) is 5.32 Å². The number of carbonyl (C=O) groups excluding carboxylic acids is 1. The van der Waals surface area contributed by atoms with E-state index in [1.165, 1.54) is 17.1 Å². The third-order valence-corrected chi connectivity index (χ3v) is 6.99. The number of rotatable bonds is 8. The number of thioether (sulfide) groups is 1. The third kappa shape index (κ3) is 5.79. The van der Waals surface area contributed by atoms with E-state index in [1.54, 1.807) is 31.4 Å². The predicted molar refractivity (Wildman–Crippen MR) is 155 cm³/mol. The van der Waals surface area contributed by atoms with E-state index < -0.39 is 0 Å². The number of amides is 1. The molecule has 0 unspecified atom stereocenters. The summed E-state index contributed by atoms with van der Waals surface area (Å²) in [5.74, 6) is 1.59. The fourth-order valence-electron chi connectivity index (χ4n) is 4.07. The summed E-state index contributed by atoms with van der Waals surface area (Å²) in [7, 11) is 1.56. The van der Waals surface area contributed by atoms with E-state index in [1.807, 2.05) is 43.3 Å². The molecule has 38 heavy (non-hydrogen) atoms. The Balaban J connectivity index is 1.36. The van der Waals surface area contributed by atoms with Crippen LogP contribution in [0.15, 0.2) is 88.8 Å². The summed E-state index contributed by atoms with van der Waals surface area (Å²) in [5, 5.41) is 6.10. The van der Waals surface area contributed by atoms with Gasteiger partial charge in [0.1, 0.15) is 18.0 Å². The molecule has 0 spiro atoms. The van der Waals surface area contributed by atoms with Crippen molar-refractivity contribution in [2.75, 3.05) is 13.7 Å². The molecule has 4 aromatic rings. The molecule has 6 nitrogen and oxygen atoms in total. The Kier molecular flexibility index (Phi) is 7.86. The lowest BCUT2D eigenvalue weighted by Gasteiger charge is -2.14. The van der Waals surface area contributed by atoms with Crippen LogP contribution in [-0.4, -0.2) is 24.8 Å². The smallest absolute Gasteiger partial charge is 0.264 e. The summed E-state index contributed by atoms with van der Waals surface area (Å²) in [6.45, 7) is 2.82. The van der Waals surface area contributed by atoms with Gasteiger partial charge in [-0.25, -0.2) is 4.99 Å². The number of aliphatic imine (C=N–C) groups is 1. The highest BCUT2D eigenvalue weighted by Crippen LogP contribution is 2.35. The van der Waals surface area contributed by atoms with Crippen LogP contribution in [0.1, 0.15) is 18.1 Å². The van der Waals surface area contributed by atoms with Crippen LogP contribution in [0.25, 0.3) is 16.8 Å². The van der Waals surface area contributed by atoms with E-state index in [0.717, 1.165) is 16.5 Å². The van der Waals surface area contributed by atoms with Gasteiger partial charge in [0.15, 0.2) is 16.7 Å². The number of amidine groups is 1. The summed E-state index contributed by atoms with van der Waals surface area (Å²) >= 11 is 7.35. The summed E-state index contributed by atoms with van der Waals surface area (Å²) in [5.41, 5.74) is 2.44. The quantitative estimate of drug-likeness (QED) is 0.234. The van der Waals surface area contributed by atoms with Crippen LogP contribution in [0, 0.1) is 0 Å². The molecule has 1 saturated heterocycles. The van der Waals surface area contributed by atoms with Crippen molar-refractivity contribution in [2.45, 2.75) is 13.5 Å². The Hall–Kier alpha value is -3.94. The number of benzene rings is 4. The normalized spacial score (nSPS) is 15.2. The molecular formula is C30H25ClN2O4S. The second-order valence-electron chi connectivity index (χ2n) is 8.36. The van der Waals surface area contributed by atoms with Crippen molar-refractivity contribution in [3.63, 3.8) is 0 Å². The van der Waals surface area contributed by atoms with E-state index in [9.17, 15) is 4.79 Å². The molecule has 1 N–H and O–H groups in total. The van der Waals surface area contributed by atoms with Gasteiger partial charge in [-0.15, -0.1) is 0 Å². The molecule has 5 rings (SSSR count). The number of ether oxygens (including phenoxy) is 3. The lowest BCUT2D eigenvalue weighted by Crippen LogP contribution is -2.19. The molecule has 8 heteroatoms. The molecule has 0 atom stereocenters. The first-order valence-corrected chi connectivity index (χ1v) is 13.2. The van der Waals surface area contributed by atoms with Crippen molar-refractivity contribution in [1.29, 1.82) is 0 Å². The van der Waals surface area contributed by atoms with E-state index in [0.29, 0.717) is 51.2 Å². The molecule has 1 amide bonds. The first-order chi connectivity index (χ1) is 18.5. The maximum Gasteiger partial charge on any atom is 0.264 e. The molecule has 1 aliphatic heterocycles. The minimum absolute atomic E-state index is 0.232. The first-order valence-electron chi connectivity index (χ1n) is 12.0. The molecule has 1 fully saturated rings. The monoisotopic (exact) mass is 544 g/mol. The second kappa shape index (κ2) is 11.6. The van der Waals surface area contributed by atoms with Crippen LogP contribution < -0.4 is 19.5 Å². The lowest BCUT2D eigenvalue weighted by atomic mass is 10.1. The average molecular weight is 545 g/mol. The second-order valence-corrected chi connectivity index (χ2v) is 9.83. The molecule has 0 aliphatic carbocycles. The molecule has 0 radical (unpaired) electrons. The van der Waals surface area contributed by atoms with Crippen LogP contribution in [-0.2, 0) is 11.4 Å². The number of carbonyl (C=O) groups is 1. The minimum atomic E-state index is -0.232. The van der Waals surface area contributed by atoms with Crippen LogP contribution >= 0.6 is 23.4 Å². The molecule has 192 valence electrons. The van der Waals surface area contributed by atoms with Gasteiger partial charge in [-0.1, -0.05) is 60.1 Å². The van der Waals surface area contributed by atoms with Gasteiger partial charge in [-0.3, -0.25) is 4.79 Å². The van der Waals surface area contributed by atoms with E-state index in [-0.39, 0.29) is 5.91 Å². The van der Waals surface area contributed by atoms with Gasteiger partial charge in [0.25, 0.3) is 5.91 Å². The highest BCUT2D eigenvalue weighted by molar-refractivity contribution is 8.18. The maximum atomic E-state index is 12.7. The van der Waals surface area contributed by atoms with Crippen molar-refractivity contribution in [3.05, 3.63) is 99.9 Å². The van der Waals surface area contributed by atoms with E-state index in [4.69, 9.17) is 25.8 Å². The van der Waals surface area contributed by atoms with Gasteiger partial charge >= 0.3 is 0 Å². The zero-order valence-corrected chi connectivity index (χ0v) is 22.4. The number of hydrogen-bond acceptors (Lipinski definition) is 6. The van der Waals surface area contributed by atoms with E-state index in [2.05, 4.69) is 34.6 Å². The lowest BCUT2D eigenvalue weighted by molar-refractivity contribution is -0.115. The number of methoxy groups -OCH3 is 1. The summed E-state index contributed by atoms with van der Waals surface area (Å²) < 4.78 is 17.4. The highest BCUT2D eigenvalue weighted by atomic mass is 35.5. The van der Waals surface area contributed by atoms with E-state index >= 15 is 0 Å². The summed E-state index contributed by atoms with van der Waals surface area (Å²) in [6, 6.07) is 25.2. The van der Waals surface area contributed by atoms with Gasteiger partial charge in [0.2, 0.25) is 0 Å². The number of fused-ring (bicyclic) bond motifs is 1. The summed E-state index contributed by atoms with van der Waals surface area (Å²) in [6.07, 6.45) is 1.80. The van der Waals surface area contributed by atoms with Gasteiger partial charge in [0.05, 0.1) is 18.6 Å². The molecule has 1 aliphatic rings. The van der Waals surface area contributed by atoms with Gasteiger partial charge in [-0.05, 0) is 77.0 Å². The molecule has 0 bridgehead atoms. The Morgan fingerprint density at radius 3 is 2.61 bits per heavy atom. The topological polar surface area (TPSA) is 69.2 Å². The van der Waals surface area contributed by atoms with Crippen LogP contribution in [0.4, 0.5) is 5.69 Å². The largest absolute Gasteiger partial charge is 0.494 e. The fourth-order valence-corrected chi connectivity index (χ4v) is 5.07. The van der Waals surface area contributed by atoms with Crippen LogP contribution in [0.2, 0.25) is 5.02 Å². The van der Waals surface area contributed by atoms with Crippen molar-refractivity contribution < 1.29 is 19.0 Å². The van der Waals surface area contributed by atoms with Gasteiger partial charge in [0, 0.05) is 5.02 Å². The minimum Gasteiger partial charge on any atom is -0.494 e. The van der Waals surface area contributed by atoms with Crippen molar-refractivity contribution in [2.24, 2.45) is 4.99 Å². The molecule has 0 aromatic heterocycles. The van der Waals surface area contributed by atoms with Crippen LogP contribution in [0.3, 0.4) is 0 Å². The SMILES string of the molecule is CCOc1cc(/C=C2\SC(=Nc3cc(Cl)ccc3OC)NC2=O)ccc1OCc1cccc2ccccc12. The average Bonchev–Trinajstić information content (AvgIpc) is 3.26. The summed E-state index contributed by atoms with van der Waals surface area (Å²) in [4.78, 5) is 17.7. The standard InChI is InChI=1S/C30H25ClN2O4S/c1-3-36-27-15-19(11-13-26(27)37-18-21-9-6-8-20-7-4-5-10-23(20)21)16-28-29(34)33-30(38-28)32-24-17-22(31)12-14-25(24)35-2/h4-17H,3,18H2,1-2H3,(H,32,33,34)/b28-16-. The Labute approximate surface area is 230 Å². The highest BCUT2D eigenvalue weighted by Gasteiger charge is 2.24. The molecule has 4 aromatic carbocycles. The van der Waals surface area contributed by atoms with Crippen molar-refractivity contribution >= 4 is 57.0 Å². The number of nitrogens with zero attached hydrogens (tertiary/aromatic N) is 1. The Morgan fingerprint density at radius 2 is 1.76 bits per heavy atom. The Morgan fingerprint density at radius 1 is 0.947 bits per heavy atom. The van der Waals surface area contributed by atoms with Crippen molar-refractivity contribution in [3.8, 4) is 17.2 Å². The number of nitrogens with one attached hydrogen (secondary N) is 1. The Bertz CT molecular complexity index is 1560. The van der Waals surface area contributed by atoms with Gasteiger partial charge < -0.3 is 19.5 Å². The molecule has 1 heterocycles. The molecule has 0 saturated carbocycles. The number of halogens is 1. The molecular weight excluding hydrogens is 520 g/mol. The first kappa shape index (κ1) is 25.7. The number of hydrogen-bond donors (Lipinski definition) is 1. The third-order valence-electron chi connectivity index (χ3n) is 5.84. The predicted octanol–water partition coefficient (Wildman–Crippen LogP) is 7.37. The zero-order valence-electron chi connectivity index (χ0n) is 20.9. The fraction of sp³-hybridized carbons (Fsp3) is 0.133. The zero-order chi connectivity index (χ0) is 26.5. The van der Waals surface area contributed by atoms with Crippen LogP contribution in [0.5, 0.6) is 17.2 Å². The maximum absolute atomic E-state index is 12.7. The van der Waals surface area contributed by atoms with Gasteiger partial charge in [-0.2, -0.15) is 0 Å².